The van der Waals surface area contributed by atoms with Crippen LogP contribution in [0.3, 0.4) is 0 Å². The molecule has 2 N–H and O–H groups in total. The van der Waals surface area contributed by atoms with Crippen LogP contribution in [0.15, 0.2) is 66.9 Å². The molecule has 2 atom stereocenters. The van der Waals surface area contributed by atoms with Crippen molar-refractivity contribution in [1.82, 2.24) is 9.97 Å². The lowest BCUT2D eigenvalue weighted by atomic mass is 9.89. The quantitative estimate of drug-likeness (QED) is 0.322. The van der Waals surface area contributed by atoms with E-state index in [0.717, 1.165) is 33.7 Å². The molecule has 158 valence electrons. The predicted octanol–water partition coefficient (Wildman–Crippen LogP) is 4.71. The summed E-state index contributed by atoms with van der Waals surface area (Å²) in [7, 11) is 0. The zero-order chi connectivity index (χ0) is 21.8. The number of carbonyl (C=O) groups is 2. The number of aromatic amines is 1. The van der Waals surface area contributed by atoms with Gasteiger partial charge in [-0.15, -0.1) is 0 Å². The lowest BCUT2D eigenvalue weighted by molar-refractivity contribution is -0.148. The number of ether oxygens (including phenoxy) is 1. The Morgan fingerprint density at radius 2 is 1.81 bits per heavy atom. The standard InChI is InChI=1S/C25H25N3O3/c1-16(2)20(14-29)23(25(30)31-15-17-8-4-3-5-9-17)28-24-22-19(12-13-26-24)18-10-6-7-11-21(18)27-22/h3-14,16,20,23,27H,15H2,1-2H3,(H,26,28)/t20?,23-/m0/s1. The number of nitrogens with zero attached hydrogens (tertiary/aromatic N) is 1. The Morgan fingerprint density at radius 3 is 2.55 bits per heavy atom. The van der Waals surface area contributed by atoms with Crippen LogP contribution in [0.2, 0.25) is 0 Å². The predicted molar refractivity (Wildman–Crippen MR) is 122 cm³/mol. The monoisotopic (exact) mass is 415 g/mol. The fraction of sp³-hybridized carbons (Fsp3) is 0.240. The number of esters is 1. The lowest BCUT2D eigenvalue weighted by Gasteiger charge is -2.26. The zero-order valence-corrected chi connectivity index (χ0v) is 17.5. The minimum absolute atomic E-state index is 0.0545. The minimum atomic E-state index is -0.856. The van der Waals surface area contributed by atoms with Gasteiger partial charge in [0.25, 0.3) is 0 Å². The van der Waals surface area contributed by atoms with Crippen molar-refractivity contribution in [1.29, 1.82) is 0 Å². The average molecular weight is 415 g/mol. The Kier molecular flexibility index (Phi) is 5.98. The maximum Gasteiger partial charge on any atom is 0.329 e. The van der Waals surface area contributed by atoms with Gasteiger partial charge in [-0.2, -0.15) is 0 Å². The molecule has 0 saturated heterocycles. The molecule has 0 fully saturated rings. The fourth-order valence-electron chi connectivity index (χ4n) is 3.78. The molecule has 31 heavy (non-hydrogen) atoms. The van der Waals surface area contributed by atoms with Gasteiger partial charge in [0.1, 0.15) is 18.9 Å². The van der Waals surface area contributed by atoms with E-state index in [2.05, 4.69) is 15.3 Å². The van der Waals surface area contributed by atoms with Crippen LogP contribution in [0, 0.1) is 11.8 Å². The number of nitrogens with one attached hydrogen (secondary N) is 2. The van der Waals surface area contributed by atoms with Crippen molar-refractivity contribution >= 4 is 39.9 Å². The maximum absolute atomic E-state index is 13.1. The molecule has 6 heteroatoms. The second kappa shape index (κ2) is 9.00. The van der Waals surface area contributed by atoms with Crippen molar-refractivity contribution in [3.05, 3.63) is 72.4 Å². The molecule has 4 rings (SSSR count). The fourth-order valence-corrected chi connectivity index (χ4v) is 3.78. The third-order valence-electron chi connectivity index (χ3n) is 5.51. The summed E-state index contributed by atoms with van der Waals surface area (Å²) in [5, 5.41) is 5.27. The molecule has 0 aliphatic heterocycles. The van der Waals surface area contributed by atoms with Crippen LogP contribution >= 0.6 is 0 Å². The summed E-state index contributed by atoms with van der Waals surface area (Å²) in [6, 6.07) is 18.5. The number of hydrogen-bond acceptors (Lipinski definition) is 5. The van der Waals surface area contributed by atoms with E-state index in [1.807, 2.05) is 74.5 Å². The number of anilines is 1. The van der Waals surface area contributed by atoms with Gasteiger partial charge in [-0.3, -0.25) is 0 Å². The van der Waals surface area contributed by atoms with Crippen molar-refractivity contribution < 1.29 is 14.3 Å². The number of pyridine rings is 1. The second-order valence-electron chi connectivity index (χ2n) is 7.93. The van der Waals surface area contributed by atoms with Gasteiger partial charge in [0, 0.05) is 28.4 Å². The summed E-state index contributed by atoms with van der Waals surface area (Å²) in [6.07, 6.45) is 2.51. The summed E-state index contributed by atoms with van der Waals surface area (Å²) in [5.74, 6) is -0.585. The minimum Gasteiger partial charge on any atom is -0.459 e. The zero-order valence-electron chi connectivity index (χ0n) is 17.5. The third kappa shape index (κ3) is 4.28. The lowest BCUT2D eigenvalue weighted by Crippen LogP contribution is -2.41. The van der Waals surface area contributed by atoms with Crippen LogP contribution in [0.4, 0.5) is 5.82 Å². The first-order valence-corrected chi connectivity index (χ1v) is 10.4. The Hall–Kier alpha value is -3.67. The molecule has 2 heterocycles. The number of carbonyl (C=O) groups excluding carboxylic acids is 2. The molecule has 1 unspecified atom stereocenters. The number of aldehydes is 1. The van der Waals surface area contributed by atoms with E-state index < -0.39 is 17.9 Å². The van der Waals surface area contributed by atoms with Crippen LogP contribution in [0.5, 0.6) is 0 Å². The Balaban J connectivity index is 1.66. The van der Waals surface area contributed by atoms with Crippen LogP contribution in [0.1, 0.15) is 19.4 Å². The number of rotatable bonds is 8. The summed E-state index contributed by atoms with van der Waals surface area (Å²) < 4.78 is 5.57. The first kappa shape index (κ1) is 20.6. The first-order valence-electron chi connectivity index (χ1n) is 10.4. The van der Waals surface area contributed by atoms with E-state index in [-0.39, 0.29) is 12.5 Å². The number of para-hydroxylation sites is 1. The normalized spacial score (nSPS) is 13.3. The molecule has 2 aromatic heterocycles. The van der Waals surface area contributed by atoms with Gasteiger partial charge in [-0.25, -0.2) is 9.78 Å². The number of H-pyrrole nitrogens is 1. The number of benzene rings is 2. The average Bonchev–Trinajstić information content (AvgIpc) is 3.17. The number of aromatic nitrogens is 2. The Labute approximate surface area is 180 Å². The van der Waals surface area contributed by atoms with E-state index in [4.69, 9.17) is 4.74 Å². The summed E-state index contributed by atoms with van der Waals surface area (Å²) in [6.45, 7) is 3.97. The third-order valence-corrected chi connectivity index (χ3v) is 5.51. The van der Waals surface area contributed by atoms with Gasteiger partial charge in [-0.05, 0) is 23.6 Å². The largest absolute Gasteiger partial charge is 0.459 e. The Bertz CT molecular complexity index is 1200. The smallest absolute Gasteiger partial charge is 0.329 e. The molecule has 2 aromatic carbocycles. The maximum atomic E-state index is 13.1. The molecule has 0 spiro atoms. The van der Waals surface area contributed by atoms with Gasteiger partial charge in [0.2, 0.25) is 0 Å². The molecule has 0 aliphatic carbocycles. The van der Waals surface area contributed by atoms with Crippen molar-refractivity contribution in [2.45, 2.75) is 26.5 Å². The van der Waals surface area contributed by atoms with E-state index in [9.17, 15) is 9.59 Å². The van der Waals surface area contributed by atoms with Gasteiger partial charge in [-0.1, -0.05) is 62.4 Å². The van der Waals surface area contributed by atoms with E-state index >= 15 is 0 Å². The Morgan fingerprint density at radius 1 is 1.06 bits per heavy atom. The molecule has 0 radical (unpaired) electrons. The molecule has 0 saturated carbocycles. The van der Waals surface area contributed by atoms with Crippen molar-refractivity contribution in [2.75, 3.05) is 5.32 Å². The highest BCUT2D eigenvalue weighted by Crippen LogP contribution is 2.30. The number of hydrogen-bond donors (Lipinski definition) is 2. The van der Waals surface area contributed by atoms with E-state index in [1.54, 1.807) is 6.20 Å². The molecule has 0 amide bonds. The molecule has 4 aromatic rings. The highest BCUT2D eigenvalue weighted by molar-refractivity contribution is 6.10. The molecule has 0 bridgehead atoms. The highest BCUT2D eigenvalue weighted by atomic mass is 16.5. The van der Waals surface area contributed by atoms with Crippen LogP contribution < -0.4 is 5.32 Å². The summed E-state index contributed by atoms with van der Waals surface area (Å²) in [4.78, 5) is 32.8. The van der Waals surface area contributed by atoms with Gasteiger partial charge < -0.3 is 19.8 Å². The molecular formula is C25H25N3O3. The van der Waals surface area contributed by atoms with Crippen LogP contribution in [0.25, 0.3) is 21.8 Å². The SMILES string of the molecule is CC(C)C(C=O)[C@H](Nc1nccc2c1[nH]c1ccccc12)C(=O)OCc1ccccc1. The number of fused-ring (bicyclic) bond motifs is 3. The topological polar surface area (TPSA) is 84.1 Å². The van der Waals surface area contributed by atoms with Crippen LogP contribution in [-0.4, -0.2) is 28.3 Å². The van der Waals surface area contributed by atoms with Crippen molar-refractivity contribution in [2.24, 2.45) is 11.8 Å². The van der Waals surface area contributed by atoms with E-state index in [1.165, 1.54) is 0 Å². The van der Waals surface area contributed by atoms with Gasteiger partial charge >= 0.3 is 5.97 Å². The van der Waals surface area contributed by atoms with Crippen molar-refractivity contribution in [3.8, 4) is 0 Å². The summed E-state index contributed by atoms with van der Waals surface area (Å²) >= 11 is 0. The van der Waals surface area contributed by atoms with Crippen molar-refractivity contribution in [3.63, 3.8) is 0 Å². The first-order chi connectivity index (χ1) is 15.1. The van der Waals surface area contributed by atoms with Gasteiger partial charge in [0.15, 0.2) is 5.82 Å². The highest BCUT2D eigenvalue weighted by Gasteiger charge is 2.33. The van der Waals surface area contributed by atoms with Gasteiger partial charge in [0.05, 0.1) is 5.52 Å². The molecule has 6 nitrogen and oxygen atoms in total. The van der Waals surface area contributed by atoms with Crippen LogP contribution in [-0.2, 0) is 20.9 Å². The molecular weight excluding hydrogens is 390 g/mol. The second-order valence-corrected chi connectivity index (χ2v) is 7.93. The summed E-state index contributed by atoms with van der Waals surface area (Å²) in [5.41, 5.74) is 2.66. The van der Waals surface area contributed by atoms with E-state index in [0.29, 0.717) is 5.82 Å². The molecule has 0 aliphatic rings.